The lowest BCUT2D eigenvalue weighted by atomic mass is 10.2. The van der Waals surface area contributed by atoms with Crippen LogP contribution in [0.4, 0.5) is 17.6 Å². The van der Waals surface area contributed by atoms with E-state index in [-0.39, 0.29) is 11.6 Å². The zero-order valence-electron chi connectivity index (χ0n) is 11.3. The van der Waals surface area contributed by atoms with Gasteiger partial charge in [-0.25, -0.2) is 13.6 Å². The SMILES string of the molecule is CC.O=C(Oc1c(F)c(F)cc(F)c1F)c1ccccc1. The van der Waals surface area contributed by atoms with Crippen molar-refractivity contribution < 1.29 is 27.1 Å². The Morgan fingerprint density at radius 3 is 1.86 bits per heavy atom. The number of hydrogen-bond acceptors (Lipinski definition) is 2. The molecule has 0 saturated heterocycles. The van der Waals surface area contributed by atoms with E-state index >= 15 is 0 Å². The second-order valence-corrected chi connectivity index (χ2v) is 3.55. The van der Waals surface area contributed by atoms with Crippen molar-refractivity contribution in [3.05, 3.63) is 65.2 Å². The van der Waals surface area contributed by atoms with Crippen molar-refractivity contribution in [3.63, 3.8) is 0 Å². The average Bonchev–Trinajstić information content (AvgIpc) is 2.52. The van der Waals surface area contributed by atoms with Crippen LogP contribution in [0.5, 0.6) is 5.75 Å². The van der Waals surface area contributed by atoms with Gasteiger partial charge in [0, 0.05) is 6.07 Å². The number of esters is 1. The van der Waals surface area contributed by atoms with Gasteiger partial charge in [-0.15, -0.1) is 0 Å². The van der Waals surface area contributed by atoms with Gasteiger partial charge in [0.25, 0.3) is 0 Å². The van der Waals surface area contributed by atoms with Crippen LogP contribution in [0.25, 0.3) is 0 Å². The number of carbonyl (C=O) groups excluding carboxylic acids is 1. The Morgan fingerprint density at radius 2 is 1.38 bits per heavy atom. The Morgan fingerprint density at radius 1 is 0.905 bits per heavy atom. The summed E-state index contributed by atoms with van der Waals surface area (Å²) in [5.41, 5.74) is -0.00836. The molecule has 0 aromatic heterocycles. The molecule has 112 valence electrons. The van der Waals surface area contributed by atoms with Crippen molar-refractivity contribution in [2.24, 2.45) is 0 Å². The third kappa shape index (κ3) is 3.81. The van der Waals surface area contributed by atoms with Gasteiger partial charge in [0.1, 0.15) is 0 Å². The molecule has 0 heterocycles. The molecule has 2 aromatic rings. The zero-order chi connectivity index (χ0) is 16.0. The maximum atomic E-state index is 13.3. The first kappa shape index (κ1) is 16.7. The van der Waals surface area contributed by atoms with Crippen LogP contribution in [0.2, 0.25) is 0 Å². The molecule has 0 amide bonds. The third-order valence-electron chi connectivity index (χ3n) is 2.28. The predicted octanol–water partition coefficient (Wildman–Crippen LogP) is 4.49. The molecule has 0 fully saturated rings. The highest BCUT2D eigenvalue weighted by Crippen LogP contribution is 2.27. The van der Waals surface area contributed by atoms with Gasteiger partial charge in [0.05, 0.1) is 5.56 Å². The highest BCUT2D eigenvalue weighted by molar-refractivity contribution is 5.91. The van der Waals surface area contributed by atoms with E-state index in [4.69, 9.17) is 0 Å². The smallest absolute Gasteiger partial charge is 0.343 e. The third-order valence-corrected chi connectivity index (χ3v) is 2.28. The largest absolute Gasteiger partial charge is 0.416 e. The summed E-state index contributed by atoms with van der Waals surface area (Å²) in [6.07, 6.45) is 0. The number of hydrogen-bond donors (Lipinski definition) is 0. The minimum absolute atomic E-state index is 0.00836. The minimum Gasteiger partial charge on any atom is -0.416 e. The molecule has 0 aliphatic carbocycles. The summed E-state index contributed by atoms with van der Waals surface area (Å²) in [7, 11) is 0. The number of benzene rings is 2. The predicted molar refractivity (Wildman–Crippen MR) is 69.0 cm³/mol. The molecule has 0 aliphatic heterocycles. The quantitative estimate of drug-likeness (QED) is 0.353. The minimum atomic E-state index is -1.76. The molecule has 2 aromatic carbocycles. The zero-order valence-corrected chi connectivity index (χ0v) is 11.3. The van der Waals surface area contributed by atoms with Crippen LogP contribution in [0.1, 0.15) is 24.2 Å². The Hall–Kier alpha value is -2.37. The van der Waals surface area contributed by atoms with Crippen LogP contribution in [0, 0.1) is 23.3 Å². The highest BCUT2D eigenvalue weighted by atomic mass is 19.2. The van der Waals surface area contributed by atoms with E-state index in [2.05, 4.69) is 4.74 Å². The van der Waals surface area contributed by atoms with Crippen LogP contribution >= 0.6 is 0 Å². The Labute approximate surface area is 119 Å². The van der Waals surface area contributed by atoms with Crippen molar-refractivity contribution in [1.29, 1.82) is 0 Å². The Kier molecular flexibility index (Phi) is 5.90. The molecular weight excluding hydrogens is 288 g/mol. The van der Waals surface area contributed by atoms with Crippen molar-refractivity contribution in [1.82, 2.24) is 0 Å². The number of ether oxygens (including phenoxy) is 1. The summed E-state index contributed by atoms with van der Waals surface area (Å²) < 4.78 is 56.7. The van der Waals surface area contributed by atoms with Gasteiger partial charge < -0.3 is 4.74 Å². The van der Waals surface area contributed by atoms with E-state index in [1.807, 2.05) is 13.8 Å². The van der Waals surface area contributed by atoms with E-state index in [1.165, 1.54) is 24.3 Å². The first-order valence-electron chi connectivity index (χ1n) is 6.11. The molecule has 0 N–H and O–H groups in total. The molecule has 0 bridgehead atoms. The van der Waals surface area contributed by atoms with Gasteiger partial charge in [-0.05, 0) is 12.1 Å². The summed E-state index contributed by atoms with van der Waals surface area (Å²) >= 11 is 0. The van der Waals surface area contributed by atoms with Gasteiger partial charge in [-0.3, -0.25) is 0 Å². The summed E-state index contributed by atoms with van der Waals surface area (Å²) in [4.78, 5) is 11.5. The topological polar surface area (TPSA) is 26.3 Å². The normalized spacial score (nSPS) is 9.62. The molecule has 0 aliphatic rings. The van der Waals surface area contributed by atoms with Crippen molar-refractivity contribution in [3.8, 4) is 5.75 Å². The van der Waals surface area contributed by atoms with E-state index in [1.54, 1.807) is 6.07 Å². The van der Waals surface area contributed by atoms with E-state index in [0.717, 1.165) is 0 Å². The molecule has 0 spiro atoms. The maximum Gasteiger partial charge on any atom is 0.343 e. The first-order valence-corrected chi connectivity index (χ1v) is 6.11. The second kappa shape index (κ2) is 7.42. The molecule has 21 heavy (non-hydrogen) atoms. The van der Waals surface area contributed by atoms with E-state index < -0.39 is 35.0 Å². The molecular formula is C15H12F4O2. The van der Waals surface area contributed by atoms with Crippen LogP contribution < -0.4 is 4.74 Å². The number of halogens is 4. The molecule has 0 radical (unpaired) electrons. The van der Waals surface area contributed by atoms with Gasteiger partial charge >= 0.3 is 5.97 Å². The second-order valence-electron chi connectivity index (χ2n) is 3.55. The van der Waals surface area contributed by atoms with Crippen molar-refractivity contribution >= 4 is 5.97 Å². The van der Waals surface area contributed by atoms with Crippen LogP contribution in [0.15, 0.2) is 36.4 Å². The number of rotatable bonds is 2. The summed E-state index contributed by atoms with van der Waals surface area (Å²) in [5.74, 6) is -9.33. The summed E-state index contributed by atoms with van der Waals surface area (Å²) in [6.45, 7) is 4.00. The molecule has 6 heteroatoms. The first-order chi connectivity index (χ1) is 10.0. The van der Waals surface area contributed by atoms with Gasteiger partial charge in [0.2, 0.25) is 17.4 Å². The fraction of sp³-hybridized carbons (Fsp3) is 0.133. The molecule has 0 atom stereocenters. The molecule has 2 rings (SSSR count). The highest BCUT2D eigenvalue weighted by Gasteiger charge is 2.23. The van der Waals surface area contributed by atoms with Crippen LogP contribution in [-0.4, -0.2) is 5.97 Å². The summed E-state index contributed by atoms with van der Waals surface area (Å²) in [6, 6.07) is 7.29. The fourth-order valence-corrected chi connectivity index (χ4v) is 1.37. The van der Waals surface area contributed by atoms with Crippen molar-refractivity contribution in [2.75, 3.05) is 0 Å². The molecule has 2 nitrogen and oxygen atoms in total. The summed E-state index contributed by atoms with van der Waals surface area (Å²) in [5, 5.41) is 0. The van der Waals surface area contributed by atoms with Gasteiger partial charge in [0.15, 0.2) is 11.6 Å². The van der Waals surface area contributed by atoms with Crippen LogP contribution in [0.3, 0.4) is 0 Å². The Balaban J connectivity index is 0.00000106. The van der Waals surface area contributed by atoms with E-state index in [9.17, 15) is 22.4 Å². The molecule has 0 unspecified atom stereocenters. The number of carbonyl (C=O) groups is 1. The van der Waals surface area contributed by atoms with Gasteiger partial charge in [-0.2, -0.15) is 8.78 Å². The maximum absolute atomic E-state index is 13.3. The monoisotopic (exact) mass is 300 g/mol. The Bertz CT molecular complexity index is 601. The van der Waals surface area contributed by atoms with Crippen LogP contribution in [-0.2, 0) is 0 Å². The van der Waals surface area contributed by atoms with Gasteiger partial charge in [-0.1, -0.05) is 32.0 Å². The lowest BCUT2D eigenvalue weighted by Crippen LogP contribution is -2.12. The fourth-order valence-electron chi connectivity index (χ4n) is 1.37. The van der Waals surface area contributed by atoms with E-state index in [0.29, 0.717) is 0 Å². The lowest BCUT2D eigenvalue weighted by Gasteiger charge is -2.07. The molecule has 0 saturated carbocycles. The average molecular weight is 300 g/mol. The van der Waals surface area contributed by atoms with Crippen molar-refractivity contribution in [2.45, 2.75) is 13.8 Å². The standard InChI is InChI=1S/C13H6F4O2.C2H6/c14-8-6-9(15)11(17)12(10(8)16)19-13(18)7-4-2-1-3-5-7;1-2/h1-6H;1-2H3. The lowest BCUT2D eigenvalue weighted by molar-refractivity contribution is 0.0717.